The molecular formula is C16H12ClFN4O3S. The summed E-state index contributed by atoms with van der Waals surface area (Å²) in [5, 5.41) is 0.385. The van der Waals surface area contributed by atoms with Crippen LogP contribution in [0.15, 0.2) is 66.0 Å². The van der Waals surface area contributed by atoms with Gasteiger partial charge >= 0.3 is 0 Å². The van der Waals surface area contributed by atoms with Crippen molar-refractivity contribution in [1.82, 2.24) is 19.8 Å². The summed E-state index contributed by atoms with van der Waals surface area (Å²) < 4.78 is 38.8. The zero-order valence-corrected chi connectivity index (χ0v) is 14.6. The Balaban J connectivity index is 1.76. The van der Waals surface area contributed by atoms with Crippen molar-refractivity contribution in [1.29, 1.82) is 0 Å². The standard InChI is InChI=1S/C16H12ClFN4O3S/c17-11-1-7-14(8-2-11)26(24,25)21-20-16(23)15-9-19-10-22(15)13-5-3-12(18)4-6-13/h1-10,21H,(H,20,23). The summed E-state index contributed by atoms with van der Waals surface area (Å²) in [7, 11) is -3.97. The third-order valence-electron chi connectivity index (χ3n) is 3.40. The molecule has 0 aliphatic carbocycles. The van der Waals surface area contributed by atoms with Gasteiger partial charge in [-0.05, 0) is 48.5 Å². The second kappa shape index (κ2) is 7.24. The van der Waals surface area contributed by atoms with Crippen molar-refractivity contribution in [2.24, 2.45) is 0 Å². The minimum Gasteiger partial charge on any atom is -0.295 e. The summed E-state index contributed by atoms with van der Waals surface area (Å²) in [6.45, 7) is 0. The van der Waals surface area contributed by atoms with E-state index in [0.29, 0.717) is 10.7 Å². The van der Waals surface area contributed by atoms with Crippen LogP contribution in [0.25, 0.3) is 5.69 Å². The van der Waals surface area contributed by atoms with Gasteiger partial charge in [0.1, 0.15) is 11.5 Å². The van der Waals surface area contributed by atoms with Gasteiger partial charge in [-0.2, -0.15) is 0 Å². The van der Waals surface area contributed by atoms with Gasteiger partial charge in [-0.1, -0.05) is 11.6 Å². The Labute approximate surface area is 153 Å². The van der Waals surface area contributed by atoms with Gasteiger partial charge in [-0.25, -0.2) is 17.8 Å². The zero-order valence-electron chi connectivity index (χ0n) is 13.1. The van der Waals surface area contributed by atoms with E-state index in [-0.39, 0.29) is 10.6 Å². The molecule has 0 radical (unpaired) electrons. The third-order valence-corrected chi connectivity index (χ3v) is 4.91. The Bertz CT molecular complexity index is 1030. The quantitative estimate of drug-likeness (QED) is 0.649. The number of imidazole rings is 1. The molecule has 0 bridgehead atoms. The summed E-state index contributed by atoms with van der Waals surface area (Å²) in [5.41, 5.74) is 2.68. The highest BCUT2D eigenvalue weighted by Crippen LogP contribution is 2.14. The summed E-state index contributed by atoms with van der Waals surface area (Å²) in [6.07, 6.45) is 2.62. The monoisotopic (exact) mass is 394 g/mol. The van der Waals surface area contributed by atoms with E-state index in [2.05, 4.69) is 10.4 Å². The number of hydrogen-bond acceptors (Lipinski definition) is 4. The number of carbonyl (C=O) groups excluding carboxylic acids is 1. The lowest BCUT2D eigenvalue weighted by molar-refractivity contribution is 0.0938. The average Bonchev–Trinajstić information content (AvgIpc) is 3.10. The number of hydrogen-bond donors (Lipinski definition) is 2. The smallest absolute Gasteiger partial charge is 0.284 e. The third kappa shape index (κ3) is 3.90. The molecule has 2 aromatic carbocycles. The number of nitrogens with zero attached hydrogens (tertiary/aromatic N) is 2. The summed E-state index contributed by atoms with van der Waals surface area (Å²) in [5.74, 6) is -1.15. The molecular weight excluding hydrogens is 383 g/mol. The lowest BCUT2D eigenvalue weighted by Crippen LogP contribution is -2.42. The first-order valence-corrected chi connectivity index (χ1v) is 9.09. The highest BCUT2D eigenvalue weighted by molar-refractivity contribution is 7.89. The molecule has 134 valence electrons. The molecule has 3 rings (SSSR count). The first kappa shape index (κ1) is 18.1. The van der Waals surface area contributed by atoms with Crippen molar-refractivity contribution in [3.05, 3.63) is 77.6 Å². The molecule has 1 heterocycles. The number of carbonyl (C=O) groups is 1. The lowest BCUT2D eigenvalue weighted by Gasteiger charge is -2.10. The Morgan fingerprint density at radius 1 is 1.08 bits per heavy atom. The van der Waals surface area contributed by atoms with E-state index in [0.717, 1.165) is 0 Å². The Morgan fingerprint density at radius 3 is 2.38 bits per heavy atom. The molecule has 26 heavy (non-hydrogen) atoms. The SMILES string of the molecule is O=C(NNS(=O)(=O)c1ccc(Cl)cc1)c1cncn1-c1ccc(F)cc1. The number of rotatable bonds is 5. The largest absolute Gasteiger partial charge is 0.295 e. The second-order valence-electron chi connectivity index (χ2n) is 5.14. The number of hydrazine groups is 1. The van der Waals surface area contributed by atoms with Crippen LogP contribution in [0.1, 0.15) is 10.5 Å². The lowest BCUT2D eigenvalue weighted by atomic mass is 10.3. The van der Waals surface area contributed by atoms with Gasteiger partial charge in [0.2, 0.25) is 0 Å². The van der Waals surface area contributed by atoms with E-state index in [1.165, 1.54) is 65.6 Å². The first-order chi connectivity index (χ1) is 12.4. The molecule has 0 saturated carbocycles. The van der Waals surface area contributed by atoms with Crippen molar-refractivity contribution < 1.29 is 17.6 Å². The minimum atomic E-state index is -3.97. The molecule has 3 aromatic rings. The number of nitrogens with one attached hydrogen (secondary N) is 2. The van der Waals surface area contributed by atoms with E-state index in [1.807, 2.05) is 4.83 Å². The van der Waals surface area contributed by atoms with Crippen LogP contribution in [0.2, 0.25) is 5.02 Å². The van der Waals surface area contributed by atoms with Gasteiger partial charge in [0.15, 0.2) is 0 Å². The van der Waals surface area contributed by atoms with Crippen molar-refractivity contribution in [2.45, 2.75) is 4.90 Å². The molecule has 0 atom stereocenters. The Kier molecular flexibility index (Phi) is 5.03. The fourth-order valence-corrected chi connectivity index (χ4v) is 3.09. The fourth-order valence-electron chi connectivity index (χ4n) is 2.12. The summed E-state index contributed by atoms with van der Waals surface area (Å²) in [6, 6.07) is 10.8. The molecule has 1 amide bonds. The molecule has 1 aromatic heterocycles. The number of halogens is 2. The molecule has 0 aliphatic rings. The van der Waals surface area contributed by atoms with Crippen molar-refractivity contribution in [3.63, 3.8) is 0 Å². The molecule has 0 saturated heterocycles. The van der Waals surface area contributed by atoms with E-state index in [9.17, 15) is 17.6 Å². The molecule has 0 spiro atoms. The van der Waals surface area contributed by atoms with Gasteiger partial charge in [0, 0.05) is 10.7 Å². The van der Waals surface area contributed by atoms with Crippen LogP contribution in [-0.2, 0) is 10.0 Å². The van der Waals surface area contributed by atoms with E-state index in [1.54, 1.807) is 0 Å². The maximum atomic E-state index is 13.0. The molecule has 7 nitrogen and oxygen atoms in total. The topological polar surface area (TPSA) is 93.1 Å². The Morgan fingerprint density at radius 2 is 1.73 bits per heavy atom. The van der Waals surface area contributed by atoms with E-state index < -0.39 is 21.7 Å². The van der Waals surface area contributed by atoms with E-state index in [4.69, 9.17) is 11.6 Å². The number of benzene rings is 2. The maximum absolute atomic E-state index is 13.0. The molecule has 0 fully saturated rings. The van der Waals surface area contributed by atoms with Crippen LogP contribution in [0, 0.1) is 5.82 Å². The highest BCUT2D eigenvalue weighted by atomic mass is 35.5. The van der Waals surface area contributed by atoms with Crippen LogP contribution in [0.3, 0.4) is 0 Å². The van der Waals surface area contributed by atoms with Gasteiger partial charge in [0.25, 0.3) is 15.9 Å². The van der Waals surface area contributed by atoms with Crippen LogP contribution in [-0.4, -0.2) is 23.9 Å². The number of amides is 1. The van der Waals surface area contributed by atoms with Gasteiger partial charge in [0.05, 0.1) is 17.4 Å². The van der Waals surface area contributed by atoms with Gasteiger partial charge in [-0.3, -0.25) is 14.8 Å². The molecule has 10 heteroatoms. The van der Waals surface area contributed by atoms with E-state index >= 15 is 0 Å². The van der Waals surface area contributed by atoms with Crippen LogP contribution in [0.5, 0.6) is 0 Å². The first-order valence-electron chi connectivity index (χ1n) is 7.23. The summed E-state index contributed by atoms with van der Waals surface area (Å²) >= 11 is 5.72. The molecule has 2 N–H and O–H groups in total. The minimum absolute atomic E-state index is 0.0609. The van der Waals surface area contributed by atoms with Crippen molar-refractivity contribution in [2.75, 3.05) is 0 Å². The van der Waals surface area contributed by atoms with Gasteiger partial charge in [-0.15, -0.1) is 4.83 Å². The van der Waals surface area contributed by atoms with Crippen molar-refractivity contribution in [3.8, 4) is 5.69 Å². The highest BCUT2D eigenvalue weighted by Gasteiger charge is 2.18. The fraction of sp³-hybridized carbons (Fsp3) is 0. The van der Waals surface area contributed by atoms with Gasteiger partial charge < -0.3 is 0 Å². The summed E-state index contributed by atoms with van der Waals surface area (Å²) in [4.78, 5) is 18.1. The van der Waals surface area contributed by atoms with Crippen LogP contribution >= 0.6 is 11.6 Å². The van der Waals surface area contributed by atoms with Crippen LogP contribution in [0.4, 0.5) is 4.39 Å². The number of sulfonamides is 1. The normalized spacial score (nSPS) is 11.3. The molecule has 0 unspecified atom stereocenters. The molecule has 0 aliphatic heterocycles. The average molecular weight is 395 g/mol. The number of aromatic nitrogens is 2. The predicted octanol–water partition coefficient (Wildman–Crippen LogP) is 2.29. The predicted molar refractivity (Wildman–Crippen MR) is 92.8 cm³/mol. The maximum Gasteiger partial charge on any atom is 0.284 e. The van der Waals surface area contributed by atoms with Crippen LogP contribution < -0.4 is 10.3 Å². The Hall–Kier alpha value is -2.75. The zero-order chi connectivity index (χ0) is 18.7. The van der Waals surface area contributed by atoms with Crippen molar-refractivity contribution >= 4 is 27.5 Å². The second-order valence-corrected chi connectivity index (χ2v) is 7.26.